The summed E-state index contributed by atoms with van der Waals surface area (Å²) < 4.78 is 13.4. The van der Waals surface area contributed by atoms with E-state index in [4.69, 9.17) is 9.47 Å². The Labute approximate surface area is 139 Å². The summed E-state index contributed by atoms with van der Waals surface area (Å²) in [7, 11) is 5.88. The number of methoxy groups -OCH3 is 1. The normalized spacial score (nSPS) is 31.2. The van der Waals surface area contributed by atoms with Crippen LogP contribution in [0.2, 0.25) is 0 Å². The third-order valence-electron chi connectivity index (χ3n) is 5.84. The van der Waals surface area contributed by atoms with E-state index in [1.165, 1.54) is 12.8 Å². The molecule has 0 N–H and O–H groups in total. The molecule has 1 aliphatic heterocycles. The molecule has 1 aromatic heterocycles. The average molecular weight is 322 g/mol. The minimum absolute atomic E-state index is 0.393. The Hall–Kier alpha value is -1.14. The minimum Gasteiger partial charge on any atom is -0.378 e. The monoisotopic (exact) mass is 322 g/mol. The second-order valence-corrected chi connectivity index (χ2v) is 8.18. The van der Waals surface area contributed by atoms with Crippen LogP contribution in [0.1, 0.15) is 45.9 Å². The second kappa shape index (κ2) is 5.74. The molecule has 2 aliphatic rings. The molecule has 1 saturated carbocycles. The van der Waals surface area contributed by atoms with E-state index in [2.05, 4.69) is 47.5 Å². The summed E-state index contributed by atoms with van der Waals surface area (Å²) >= 11 is 0. The summed E-state index contributed by atoms with van der Waals surface area (Å²) in [5.74, 6) is 2.57. The molecular formula is C17H30N4O2. The van der Waals surface area contributed by atoms with Gasteiger partial charge in [0.15, 0.2) is 11.4 Å². The Balaban J connectivity index is 1.75. The largest absolute Gasteiger partial charge is 0.378 e. The highest BCUT2D eigenvalue weighted by Gasteiger charge is 2.43. The van der Waals surface area contributed by atoms with Crippen LogP contribution in [0.25, 0.3) is 0 Å². The highest BCUT2D eigenvalue weighted by molar-refractivity contribution is 5.34. The molecule has 6 nitrogen and oxygen atoms in total. The topological polar surface area (TPSA) is 52.4 Å². The Bertz CT molecular complexity index is 551. The lowest BCUT2D eigenvalue weighted by Crippen LogP contribution is -2.47. The molecule has 2 fully saturated rings. The van der Waals surface area contributed by atoms with Crippen molar-refractivity contribution in [3.05, 3.63) is 5.82 Å². The molecule has 3 rings (SSSR count). The van der Waals surface area contributed by atoms with E-state index in [0.717, 1.165) is 24.1 Å². The van der Waals surface area contributed by atoms with Crippen LogP contribution in [0.5, 0.6) is 0 Å². The van der Waals surface area contributed by atoms with E-state index < -0.39 is 5.60 Å². The number of hydrogen-bond acceptors (Lipinski definition) is 5. The maximum atomic E-state index is 5.75. The highest BCUT2D eigenvalue weighted by Crippen LogP contribution is 2.44. The van der Waals surface area contributed by atoms with Gasteiger partial charge in [0.05, 0.1) is 13.2 Å². The Kier molecular flexibility index (Phi) is 4.17. The third-order valence-corrected chi connectivity index (χ3v) is 5.84. The molecule has 23 heavy (non-hydrogen) atoms. The number of nitrogens with zero attached hydrogens (tertiary/aromatic N) is 4. The van der Waals surface area contributed by atoms with Gasteiger partial charge in [0.1, 0.15) is 0 Å². The fourth-order valence-corrected chi connectivity index (χ4v) is 3.77. The van der Waals surface area contributed by atoms with Crippen LogP contribution in [0.3, 0.4) is 0 Å². The molecule has 1 saturated heterocycles. The van der Waals surface area contributed by atoms with Crippen molar-refractivity contribution < 1.29 is 9.47 Å². The lowest BCUT2D eigenvalue weighted by Gasteiger charge is -2.47. The van der Waals surface area contributed by atoms with Crippen LogP contribution >= 0.6 is 0 Å². The Morgan fingerprint density at radius 1 is 1.30 bits per heavy atom. The summed E-state index contributed by atoms with van der Waals surface area (Å²) in [4.78, 5) is 2.28. The van der Waals surface area contributed by atoms with Crippen molar-refractivity contribution in [2.75, 3.05) is 32.3 Å². The summed E-state index contributed by atoms with van der Waals surface area (Å²) in [5.41, 5.74) is -0.0575. The van der Waals surface area contributed by atoms with Crippen molar-refractivity contribution in [1.29, 1.82) is 0 Å². The van der Waals surface area contributed by atoms with Crippen molar-refractivity contribution in [2.24, 2.45) is 18.4 Å². The van der Waals surface area contributed by atoms with E-state index in [1.807, 2.05) is 7.05 Å². The quantitative estimate of drug-likeness (QED) is 0.851. The molecule has 0 amide bonds. The first-order chi connectivity index (χ1) is 10.8. The van der Waals surface area contributed by atoms with Gasteiger partial charge in [-0.05, 0) is 24.2 Å². The molecule has 0 bridgehead atoms. The fraction of sp³-hybridized carbons (Fsp3) is 0.882. The number of ether oxygens (including phenoxy) is 2. The molecule has 130 valence electrons. The van der Waals surface area contributed by atoms with E-state index in [1.54, 1.807) is 7.11 Å². The van der Waals surface area contributed by atoms with Gasteiger partial charge in [-0.1, -0.05) is 20.8 Å². The smallest absolute Gasteiger partial charge is 0.227 e. The number of hydrogen-bond donors (Lipinski definition) is 0. The zero-order chi connectivity index (χ0) is 16.8. The lowest BCUT2D eigenvalue weighted by atomic mass is 9.65. The Morgan fingerprint density at radius 2 is 2.00 bits per heavy atom. The van der Waals surface area contributed by atoms with Gasteiger partial charge in [0.25, 0.3) is 0 Å². The third kappa shape index (κ3) is 2.76. The zero-order valence-corrected chi connectivity index (χ0v) is 15.3. The molecule has 6 heteroatoms. The lowest BCUT2D eigenvalue weighted by molar-refractivity contribution is -0.0302. The molecular weight excluding hydrogens is 292 g/mol. The van der Waals surface area contributed by atoms with Gasteiger partial charge in [0.2, 0.25) is 5.95 Å². The molecule has 1 atom stereocenters. The molecule has 0 aromatic carbocycles. The SMILES string of the molecule is COC1(c2nnc(N(C)C3CC(C(C)(C)C)C3)n2C)CCOC1. The fourth-order valence-electron chi connectivity index (χ4n) is 3.77. The van der Waals surface area contributed by atoms with Crippen LogP contribution in [0, 0.1) is 11.3 Å². The van der Waals surface area contributed by atoms with E-state index in [0.29, 0.717) is 24.7 Å². The van der Waals surface area contributed by atoms with Gasteiger partial charge in [-0.3, -0.25) is 4.57 Å². The van der Waals surface area contributed by atoms with Crippen LogP contribution in [0.15, 0.2) is 0 Å². The molecule has 2 heterocycles. The van der Waals surface area contributed by atoms with E-state index in [-0.39, 0.29) is 0 Å². The molecule has 1 aromatic rings. The first-order valence-corrected chi connectivity index (χ1v) is 8.54. The van der Waals surface area contributed by atoms with Crippen molar-refractivity contribution in [2.45, 2.75) is 51.7 Å². The van der Waals surface area contributed by atoms with Crippen LogP contribution < -0.4 is 4.90 Å². The van der Waals surface area contributed by atoms with Gasteiger partial charge in [-0.2, -0.15) is 0 Å². The maximum absolute atomic E-state index is 5.75. The summed E-state index contributed by atoms with van der Waals surface area (Å²) in [5, 5.41) is 8.88. The number of rotatable bonds is 4. The zero-order valence-electron chi connectivity index (χ0n) is 15.3. The standard InChI is InChI=1S/C17H30N4O2/c1-16(2,3)12-9-13(10-12)20(4)15-19-18-14(21(15)5)17(22-6)7-8-23-11-17/h12-13H,7-11H2,1-6H3. The predicted octanol–water partition coefficient (Wildman–Crippen LogP) is 2.34. The summed E-state index contributed by atoms with van der Waals surface area (Å²) in [6, 6.07) is 0.549. The van der Waals surface area contributed by atoms with Crippen molar-refractivity contribution in [3.63, 3.8) is 0 Å². The number of anilines is 1. The van der Waals surface area contributed by atoms with Crippen molar-refractivity contribution >= 4 is 5.95 Å². The van der Waals surface area contributed by atoms with Crippen molar-refractivity contribution in [1.82, 2.24) is 14.8 Å². The summed E-state index contributed by atoms with van der Waals surface area (Å²) in [6.45, 7) is 8.25. The molecule has 0 radical (unpaired) electrons. The molecule has 1 unspecified atom stereocenters. The van der Waals surface area contributed by atoms with Crippen LogP contribution in [-0.4, -0.2) is 48.2 Å². The molecule has 1 aliphatic carbocycles. The Morgan fingerprint density at radius 3 is 2.52 bits per heavy atom. The van der Waals surface area contributed by atoms with Crippen molar-refractivity contribution in [3.8, 4) is 0 Å². The first-order valence-electron chi connectivity index (χ1n) is 8.54. The van der Waals surface area contributed by atoms with Gasteiger partial charge < -0.3 is 14.4 Å². The maximum Gasteiger partial charge on any atom is 0.227 e. The van der Waals surface area contributed by atoms with Gasteiger partial charge >= 0.3 is 0 Å². The highest BCUT2D eigenvalue weighted by atomic mass is 16.5. The van der Waals surface area contributed by atoms with E-state index in [9.17, 15) is 0 Å². The second-order valence-electron chi connectivity index (χ2n) is 8.18. The van der Waals surface area contributed by atoms with Gasteiger partial charge in [-0.15, -0.1) is 10.2 Å². The first kappa shape index (κ1) is 16.7. The average Bonchev–Trinajstić information content (AvgIpc) is 3.02. The summed E-state index contributed by atoms with van der Waals surface area (Å²) in [6.07, 6.45) is 3.27. The van der Waals surface area contributed by atoms with Crippen LogP contribution in [-0.2, 0) is 22.1 Å². The number of aromatic nitrogens is 3. The van der Waals surface area contributed by atoms with Gasteiger partial charge in [0, 0.05) is 33.7 Å². The predicted molar refractivity (Wildman–Crippen MR) is 89.5 cm³/mol. The van der Waals surface area contributed by atoms with E-state index >= 15 is 0 Å². The van der Waals surface area contributed by atoms with Gasteiger partial charge in [-0.25, -0.2) is 0 Å². The minimum atomic E-state index is -0.450. The van der Waals surface area contributed by atoms with Crippen LogP contribution in [0.4, 0.5) is 5.95 Å². The molecule has 0 spiro atoms.